The number of carbonyl (C=O) groups excluding carboxylic acids is 3. The topological polar surface area (TPSA) is 81.2 Å². The van der Waals surface area contributed by atoms with Crippen LogP contribution < -0.4 is 4.90 Å². The molecule has 1 N–H and O–H groups in total. The third kappa shape index (κ3) is 4.92. The van der Waals surface area contributed by atoms with E-state index in [9.17, 15) is 19.5 Å². The molecule has 0 saturated carbocycles. The van der Waals surface area contributed by atoms with Crippen LogP contribution in [-0.4, -0.2) is 73.9 Å². The molecule has 1 spiro atoms. The van der Waals surface area contributed by atoms with Gasteiger partial charge in [0.1, 0.15) is 6.04 Å². The summed E-state index contributed by atoms with van der Waals surface area (Å²) in [6.45, 7) is 7.00. The number of nitrogens with zero attached hydrogens (tertiary/aromatic N) is 3. The Bertz CT molecular complexity index is 1480. The normalized spacial score (nSPS) is 30.8. The number of anilines is 1. The third-order valence-corrected chi connectivity index (χ3v) is 11.4. The average Bonchev–Trinajstić information content (AvgIpc) is 3.26. The van der Waals surface area contributed by atoms with Crippen molar-refractivity contribution in [1.29, 1.82) is 0 Å². The molecule has 7 nitrogen and oxygen atoms in total. The third-order valence-electron chi connectivity index (χ3n) is 9.29. The van der Waals surface area contributed by atoms with Gasteiger partial charge in [-0.2, -0.15) is 0 Å². The van der Waals surface area contributed by atoms with Crippen molar-refractivity contribution in [3.8, 4) is 0 Å². The van der Waals surface area contributed by atoms with E-state index in [0.717, 1.165) is 5.56 Å². The largest absolute Gasteiger partial charge is 0.394 e. The van der Waals surface area contributed by atoms with Crippen LogP contribution in [0.2, 0.25) is 5.02 Å². The van der Waals surface area contributed by atoms with Gasteiger partial charge in [-0.3, -0.25) is 14.4 Å². The molecule has 226 valence electrons. The van der Waals surface area contributed by atoms with E-state index < -0.39 is 33.4 Å². The summed E-state index contributed by atoms with van der Waals surface area (Å²) in [6.07, 6.45) is 8.58. The van der Waals surface area contributed by atoms with Crippen LogP contribution in [0.15, 0.2) is 78.9 Å². The Balaban J connectivity index is 1.47. The highest BCUT2D eigenvalue weighted by molar-refractivity contribution is 8.02. The van der Waals surface area contributed by atoms with Gasteiger partial charge in [0, 0.05) is 24.4 Å². The van der Waals surface area contributed by atoms with Gasteiger partial charge in [0.2, 0.25) is 11.8 Å². The molecule has 2 saturated heterocycles. The molecule has 4 aliphatic rings. The Morgan fingerprint density at radius 1 is 0.930 bits per heavy atom. The zero-order valence-electron chi connectivity index (χ0n) is 24.7. The number of halogens is 1. The average molecular weight is 620 g/mol. The van der Waals surface area contributed by atoms with E-state index in [1.807, 2.05) is 92.4 Å². The predicted molar refractivity (Wildman–Crippen MR) is 171 cm³/mol. The Kier molecular flexibility index (Phi) is 7.98. The number of benzene rings is 2. The van der Waals surface area contributed by atoms with Crippen molar-refractivity contribution in [1.82, 2.24) is 9.80 Å². The lowest BCUT2D eigenvalue weighted by Crippen LogP contribution is -2.57. The van der Waals surface area contributed by atoms with Crippen LogP contribution in [0, 0.1) is 17.8 Å². The molecule has 2 fully saturated rings. The molecular formula is C34H38ClN3O4S. The number of rotatable bonds is 7. The highest BCUT2D eigenvalue weighted by Gasteiger charge is 2.74. The minimum Gasteiger partial charge on any atom is -0.394 e. The molecule has 4 heterocycles. The summed E-state index contributed by atoms with van der Waals surface area (Å²) in [5, 5.41) is 11.1. The van der Waals surface area contributed by atoms with Crippen molar-refractivity contribution in [3.63, 3.8) is 0 Å². The molecule has 1 unspecified atom stereocenters. The SMILES string of the molecule is CC(C)C[C@H](CO)N1C(=O)[C@@H]2[C@@H]3C(=O)N(Cc4ccccc4)CC=C[C@]3(C)S[C@@]23C=CCN(c2ccccc2Cl)C(=O)C13. The number of thioether (sulfide) groups is 1. The zero-order valence-corrected chi connectivity index (χ0v) is 26.3. The molecule has 2 aromatic carbocycles. The molecule has 0 aliphatic carbocycles. The maximum Gasteiger partial charge on any atom is 0.251 e. The van der Waals surface area contributed by atoms with Gasteiger partial charge in [-0.25, -0.2) is 0 Å². The number of hydrogen-bond acceptors (Lipinski definition) is 5. The minimum atomic E-state index is -0.996. The van der Waals surface area contributed by atoms with Gasteiger partial charge in [0.25, 0.3) is 5.91 Å². The van der Waals surface area contributed by atoms with E-state index in [0.29, 0.717) is 30.2 Å². The summed E-state index contributed by atoms with van der Waals surface area (Å²) in [5.74, 6) is -1.85. The number of para-hydroxylation sites is 1. The van der Waals surface area contributed by atoms with Crippen LogP contribution in [0.1, 0.15) is 32.8 Å². The molecule has 4 aliphatic heterocycles. The molecule has 0 bridgehead atoms. The summed E-state index contributed by atoms with van der Waals surface area (Å²) in [5.41, 5.74) is 1.59. The molecule has 0 radical (unpaired) electrons. The first-order valence-corrected chi connectivity index (χ1v) is 16.2. The first-order valence-electron chi connectivity index (χ1n) is 15.0. The highest BCUT2D eigenvalue weighted by atomic mass is 35.5. The van der Waals surface area contributed by atoms with E-state index in [1.165, 1.54) is 0 Å². The maximum atomic E-state index is 14.8. The lowest BCUT2D eigenvalue weighted by atomic mass is 9.74. The van der Waals surface area contributed by atoms with Crippen LogP contribution in [0.4, 0.5) is 5.69 Å². The van der Waals surface area contributed by atoms with Gasteiger partial charge < -0.3 is 19.8 Å². The van der Waals surface area contributed by atoms with Gasteiger partial charge in [0.05, 0.1) is 39.9 Å². The second-order valence-corrected chi connectivity index (χ2v) is 14.8. The van der Waals surface area contributed by atoms with Crippen molar-refractivity contribution in [2.24, 2.45) is 17.8 Å². The lowest BCUT2D eigenvalue weighted by molar-refractivity contribution is -0.145. The van der Waals surface area contributed by atoms with Crippen molar-refractivity contribution in [3.05, 3.63) is 89.5 Å². The van der Waals surface area contributed by atoms with Gasteiger partial charge >= 0.3 is 0 Å². The van der Waals surface area contributed by atoms with E-state index >= 15 is 0 Å². The maximum absolute atomic E-state index is 14.8. The van der Waals surface area contributed by atoms with Crippen LogP contribution in [0.5, 0.6) is 0 Å². The van der Waals surface area contributed by atoms with Gasteiger partial charge in [-0.15, -0.1) is 11.8 Å². The number of fused-ring (bicyclic) bond motifs is 2. The fraction of sp³-hybridized carbons (Fsp3) is 0.441. The van der Waals surface area contributed by atoms with E-state index in [1.54, 1.807) is 27.6 Å². The Morgan fingerprint density at radius 2 is 1.63 bits per heavy atom. The fourth-order valence-electron chi connectivity index (χ4n) is 7.56. The van der Waals surface area contributed by atoms with Gasteiger partial charge in [-0.1, -0.05) is 92.2 Å². The summed E-state index contributed by atoms with van der Waals surface area (Å²) < 4.78 is -1.70. The number of aliphatic hydroxyl groups is 1. The van der Waals surface area contributed by atoms with Crippen LogP contribution in [0.3, 0.4) is 0 Å². The molecule has 43 heavy (non-hydrogen) atoms. The molecule has 0 aromatic heterocycles. The van der Waals surface area contributed by atoms with Crippen LogP contribution >= 0.6 is 23.4 Å². The molecule has 9 heteroatoms. The second-order valence-electron chi connectivity index (χ2n) is 12.6. The number of amides is 3. The molecule has 6 rings (SSSR count). The zero-order chi connectivity index (χ0) is 30.5. The summed E-state index contributed by atoms with van der Waals surface area (Å²) >= 11 is 8.14. The monoisotopic (exact) mass is 619 g/mol. The van der Waals surface area contributed by atoms with Crippen LogP contribution in [0.25, 0.3) is 0 Å². The van der Waals surface area contributed by atoms with Crippen molar-refractivity contribution < 1.29 is 19.5 Å². The minimum absolute atomic E-state index is 0.0860. The number of hydrogen-bond donors (Lipinski definition) is 1. The van der Waals surface area contributed by atoms with Crippen molar-refractivity contribution in [2.45, 2.75) is 55.3 Å². The summed E-state index contributed by atoms with van der Waals surface area (Å²) in [4.78, 5) is 49.2. The molecule has 2 aromatic rings. The summed E-state index contributed by atoms with van der Waals surface area (Å²) in [6, 6.07) is 15.6. The van der Waals surface area contributed by atoms with E-state index in [-0.39, 0.29) is 36.8 Å². The standard InChI is InChI=1S/C34H38ClN3O4S/c1-22(2)19-24(21-39)38-29-32(42)37(26-14-8-7-13-25(26)35)18-10-16-34(29)28(31(38)41)27-30(40)36(17-9-15-33(27,3)43-34)20-23-11-5-4-6-12-23/h4-16,22,24,27-29,39H,17-21H2,1-3H3/t24-,27-,28+,29?,33+,34+/m1/s1. The first kappa shape index (κ1) is 30.0. The highest BCUT2D eigenvalue weighted by Crippen LogP contribution is 2.66. The smallest absolute Gasteiger partial charge is 0.251 e. The molecule has 3 amide bonds. The van der Waals surface area contributed by atoms with Crippen molar-refractivity contribution in [2.75, 3.05) is 24.6 Å². The van der Waals surface area contributed by atoms with E-state index in [2.05, 4.69) is 6.08 Å². The van der Waals surface area contributed by atoms with E-state index in [4.69, 9.17) is 11.6 Å². The predicted octanol–water partition coefficient (Wildman–Crippen LogP) is 4.94. The second kappa shape index (κ2) is 11.5. The molecular weight excluding hydrogens is 582 g/mol. The lowest BCUT2D eigenvalue weighted by Gasteiger charge is -2.40. The molecule has 6 atom stereocenters. The quantitative estimate of drug-likeness (QED) is 0.444. The summed E-state index contributed by atoms with van der Waals surface area (Å²) in [7, 11) is 0. The first-order chi connectivity index (χ1) is 20.6. The number of aliphatic hydroxyl groups excluding tert-OH is 1. The Hall–Kier alpha value is -3.07. The number of carbonyl (C=O) groups is 3. The van der Waals surface area contributed by atoms with Crippen molar-refractivity contribution >= 4 is 46.8 Å². The van der Waals surface area contributed by atoms with Crippen LogP contribution in [-0.2, 0) is 20.9 Å². The Labute approximate surface area is 262 Å². The number of likely N-dealkylation sites (tertiary alicyclic amines) is 1. The van der Waals surface area contributed by atoms with Gasteiger partial charge in [0.15, 0.2) is 0 Å². The van der Waals surface area contributed by atoms with Gasteiger partial charge in [-0.05, 0) is 37.0 Å². The fourth-order valence-corrected chi connectivity index (χ4v) is 9.94. The Morgan fingerprint density at radius 3 is 2.33 bits per heavy atom.